The van der Waals surface area contributed by atoms with Gasteiger partial charge in [-0.1, -0.05) is 11.6 Å². The number of ether oxygens (including phenoxy) is 3. The molecule has 0 aliphatic carbocycles. The summed E-state index contributed by atoms with van der Waals surface area (Å²) in [7, 11) is 3.15. The average molecular weight is 424 g/mol. The van der Waals surface area contributed by atoms with Crippen molar-refractivity contribution in [2.45, 2.75) is 46.6 Å². The molecule has 1 aromatic heterocycles. The molecule has 3 rings (SSSR count). The molecule has 0 bridgehead atoms. The molecule has 0 spiro atoms. The summed E-state index contributed by atoms with van der Waals surface area (Å²) >= 11 is 0. The SMILES string of the molecule is COc1c(C)c2c(c(OC)c1C/C=C(\C)CCC(=O)Nc1cc(C)ccn1)C(=O)OC2. The van der Waals surface area contributed by atoms with Crippen LogP contribution in [0.1, 0.15) is 52.4 Å². The quantitative estimate of drug-likeness (QED) is 0.502. The van der Waals surface area contributed by atoms with E-state index in [2.05, 4.69) is 10.3 Å². The zero-order chi connectivity index (χ0) is 22.5. The number of carbonyl (C=O) groups excluding carboxylic acids is 2. The van der Waals surface area contributed by atoms with E-state index in [9.17, 15) is 9.59 Å². The number of amides is 1. The molecule has 1 aliphatic rings. The molecule has 7 nitrogen and oxygen atoms in total. The monoisotopic (exact) mass is 424 g/mol. The number of hydrogen-bond acceptors (Lipinski definition) is 6. The van der Waals surface area contributed by atoms with Crippen LogP contribution in [0.25, 0.3) is 0 Å². The standard InChI is InChI=1S/C24H28N2O5/c1-14(7-9-20(27)26-19-12-15(2)10-11-25-19)6-8-17-22(29-4)16(3)18-13-31-24(28)21(18)23(17)30-5/h6,10-12H,7-9,13H2,1-5H3,(H,25,26,27)/b14-6+. The Hall–Kier alpha value is -3.35. The topological polar surface area (TPSA) is 86.8 Å². The van der Waals surface area contributed by atoms with Gasteiger partial charge in [-0.15, -0.1) is 0 Å². The van der Waals surface area contributed by atoms with Crippen LogP contribution < -0.4 is 14.8 Å². The Bertz CT molecular complexity index is 1040. The maximum absolute atomic E-state index is 12.2. The van der Waals surface area contributed by atoms with Gasteiger partial charge in [0, 0.05) is 23.7 Å². The molecule has 0 saturated carbocycles. The molecule has 1 aromatic carbocycles. The van der Waals surface area contributed by atoms with Crippen LogP contribution in [-0.4, -0.2) is 31.1 Å². The second-order valence-electron chi connectivity index (χ2n) is 7.62. The Morgan fingerprint density at radius 3 is 2.65 bits per heavy atom. The number of aromatic nitrogens is 1. The van der Waals surface area contributed by atoms with E-state index in [1.165, 1.54) is 0 Å². The summed E-state index contributed by atoms with van der Waals surface area (Å²) in [5.41, 5.74) is 5.06. The molecule has 0 unspecified atom stereocenters. The lowest BCUT2D eigenvalue weighted by atomic mass is 9.94. The predicted molar refractivity (Wildman–Crippen MR) is 118 cm³/mol. The third-order valence-electron chi connectivity index (χ3n) is 5.41. The number of carbonyl (C=O) groups is 2. The fourth-order valence-electron chi connectivity index (χ4n) is 3.73. The summed E-state index contributed by atoms with van der Waals surface area (Å²) in [6.07, 6.45) is 5.17. The van der Waals surface area contributed by atoms with Crippen LogP contribution in [0.15, 0.2) is 30.0 Å². The molecule has 0 fully saturated rings. The zero-order valence-electron chi connectivity index (χ0n) is 18.6. The smallest absolute Gasteiger partial charge is 0.342 e. The van der Waals surface area contributed by atoms with Crippen molar-refractivity contribution in [2.24, 2.45) is 0 Å². The predicted octanol–water partition coefficient (Wildman–Crippen LogP) is 4.29. The highest BCUT2D eigenvalue weighted by Gasteiger charge is 2.32. The molecule has 164 valence electrons. The van der Waals surface area contributed by atoms with Crippen molar-refractivity contribution in [1.29, 1.82) is 0 Å². The summed E-state index contributed by atoms with van der Waals surface area (Å²) in [5, 5.41) is 2.82. The fourth-order valence-corrected chi connectivity index (χ4v) is 3.73. The second-order valence-corrected chi connectivity index (χ2v) is 7.62. The number of aryl methyl sites for hydroxylation is 1. The van der Waals surface area contributed by atoms with Crippen LogP contribution in [-0.2, 0) is 22.6 Å². The third kappa shape index (κ3) is 4.87. The van der Waals surface area contributed by atoms with E-state index in [0.717, 1.165) is 27.8 Å². The van der Waals surface area contributed by atoms with Crippen molar-refractivity contribution in [3.8, 4) is 11.5 Å². The lowest BCUT2D eigenvalue weighted by Crippen LogP contribution is -2.12. The van der Waals surface area contributed by atoms with Gasteiger partial charge < -0.3 is 19.5 Å². The van der Waals surface area contributed by atoms with Crippen LogP contribution in [0.5, 0.6) is 11.5 Å². The minimum atomic E-state index is -0.374. The Labute approximate surface area is 182 Å². The van der Waals surface area contributed by atoms with E-state index in [-0.39, 0.29) is 18.5 Å². The van der Waals surface area contributed by atoms with Gasteiger partial charge in [-0.05, 0) is 56.9 Å². The summed E-state index contributed by atoms with van der Waals surface area (Å²) in [4.78, 5) is 28.6. The van der Waals surface area contributed by atoms with Crippen molar-refractivity contribution in [3.63, 3.8) is 0 Å². The molecule has 0 atom stereocenters. The van der Waals surface area contributed by atoms with Crippen molar-refractivity contribution >= 4 is 17.7 Å². The molecule has 0 saturated heterocycles. The Balaban J connectivity index is 1.72. The van der Waals surface area contributed by atoms with Gasteiger partial charge >= 0.3 is 5.97 Å². The number of esters is 1. The average Bonchev–Trinajstić information content (AvgIpc) is 3.13. The van der Waals surface area contributed by atoms with E-state index in [0.29, 0.717) is 42.1 Å². The first-order valence-electron chi connectivity index (χ1n) is 10.2. The number of nitrogens with one attached hydrogen (secondary N) is 1. The number of anilines is 1. The van der Waals surface area contributed by atoms with E-state index in [1.54, 1.807) is 20.4 Å². The van der Waals surface area contributed by atoms with Gasteiger partial charge in [0.25, 0.3) is 0 Å². The molecule has 31 heavy (non-hydrogen) atoms. The molecule has 7 heteroatoms. The van der Waals surface area contributed by atoms with Crippen LogP contribution in [0.4, 0.5) is 5.82 Å². The van der Waals surface area contributed by atoms with Gasteiger partial charge in [0.1, 0.15) is 29.5 Å². The summed E-state index contributed by atoms with van der Waals surface area (Å²) in [6, 6.07) is 3.71. The summed E-state index contributed by atoms with van der Waals surface area (Å²) in [5.74, 6) is 1.29. The number of allylic oxidation sites excluding steroid dienone is 2. The highest BCUT2D eigenvalue weighted by molar-refractivity contribution is 5.98. The molecule has 0 radical (unpaired) electrons. The number of hydrogen-bond donors (Lipinski definition) is 1. The van der Waals surface area contributed by atoms with Crippen molar-refractivity contribution in [2.75, 3.05) is 19.5 Å². The minimum Gasteiger partial charge on any atom is -0.496 e. The summed E-state index contributed by atoms with van der Waals surface area (Å²) < 4.78 is 16.4. The van der Waals surface area contributed by atoms with Gasteiger partial charge in [-0.25, -0.2) is 9.78 Å². The Kier molecular flexibility index (Phi) is 6.95. The zero-order valence-corrected chi connectivity index (χ0v) is 18.6. The highest BCUT2D eigenvalue weighted by atomic mass is 16.5. The lowest BCUT2D eigenvalue weighted by Gasteiger charge is -2.18. The van der Waals surface area contributed by atoms with E-state index >= 15 is 0 Å². The largest absolute Gasteiger partial charge is 0.496 e. The molecule has 1 aliphatic heterocycles. The van der Waals surface area contributed by atoms with E-state index in [4.69, 9.17) is 14.2 Å². The molecule has 2 aromatic rings. The van der Waals surface area contributed by atoms with Crippen LogP contribution >= 0.6 is 0 Å². The van der Waals surface area contributed by atoms with Crippen LogP contribution in [0.2, 0.25) is 0 Å². The van der Waals surface area contributed by atoms with Crippen molar-refractivity contribution < 1.29 is 23.8 Å². The van der Waals surface area contributed by atoms with Gasteiger partial charge in [-0.3, -0.25) is 4.79 Å². The number of fused-ring (bicyclic) bond motifs is 1. The van der Waals surface area contributed by atoms with E-state index < -0.39 is 0 Å². The van der Waals surface area contributed by atoms with Crippen LogP contribution in [0, 0.1) is 13.8 Å². The molecule has 1 amide bonds. The second kappa shape index (κ2) is 9.64. The molecule has 2 heterocycles. The number of nitrogens with zero attached hydrogens (tertiary/aromatic N) is 1. The first kappa shape index (κ1) is 22.3. The van der Waals surface area contributed by atoms with E-state index in [1.807, 2.05) is 39.0 Å². The summed E-state index contributed by atoms with van der Waals surface area (Å²) in [6.45, 7) is 6.08. The first-order chi connectivity index (χ1) is 14.8. The maximum atomic E-state index is 12.2. The molecular weight excluding hydrogens is 396 g/mol. The van der Waals surface area contributed by atoms with Crippen LogP contribution in [0.3, 0.4) is 0 Å². The van der Waals surface area contributed by atoms with Crippen molar-refractivity contribution in [3.05, 3.63) is 57.8 Å². The van der Waals surface area contributed by atoms with Gasteiger partial charge in [0.15, 0.2) is 0 Å². The van der Waals surface area contributed by atoms with Crippen molar-refractivity contribution in [1.82, 2.24) is 4.98 Å². The number of benzene rings is 1. The van der Waals surface area contributed by atoms with Gasteiger partial charge in [0.05, 0.1) is 14.2 Å². The first-order valence-corrected chi connectivity index (χ1v) is 10.2. The Morgan fingerprint density at radius 2 is 1.97 bits per heavy atom. The van der Waals surface area contributed by atoms with Gasteiger partial charge in [0.2, 0.25) is 5.91 Å². The van der Waals surface area contributed by atoms with Gasteiger partial charge in [-0.2, -0.15) is 0 Å². The number of methoxy groups -OCH3 is 2. The lowest BCUT2D eigenvalue weighted by molar-refractivity contribution is -0.116. The normalized spacial score (nSPS) is 12.9. The fraction of sp³-hybridized carbons (Fsp3) is 0.375. The number of rotatable bonds is 8. The minimum absolute atomic E-state index is 0.0860. The third-order valence-corrected chi connectivity index (χ3v) is 5.41. The molecular formula is C24H28N2O5. The molecule has 1 N–H and O–H groups in total. The Morgan fingerprint density at radius 1 is 1.23 bits per heavy atom. The number of cyclic esters (lactones) is 1. The highest BCUT2D eigenvalue weighted by Crippen LogP contribution is 2.42. The maximum Gasteiger partial charge on any atom is 0.342 e. The number of pyridine rings is 1.